The monoisotopic (exact) mass is 372 g/mol. The molecule has 1 aliphatic rings. The van der Waals surface area contributed by atoms with Crippen LogP contribution in [0.2, 0.25) is 0 Å². The molecule has 0 aliphatic carbocycles. The molecule has 0 saturated carbocycles. The molecular weight excluding hydrogens is 344 g/mol. The lowest BCUT2D eigenvalue weighted by molar-refractivity contribution is -0.00403. The molecule has 1 fully saturated rings. The first kappa shape index (κ1) is 19.4. The predicted molar refractivity (Wildman–Crippen MR) is 103 cm³/mol. The van der Waals surface area contributed by atoms with Crippen molar-refractivity contribution in [1.82, 2.24) is 19.8 Å². The summed E-state index contributed by atoms with van der Waals surface area (Å²) in [7, 11) is 3.67. The topological polar surface area (TPSA) is 81.7 Å². The Hall–Kier alpha value is -2.38. The van der Waals surface area contributed by atoms with E-state index in [1.54, 1.807) is 24.4 Å². The molecule has 146 valence electrons. The van der Waals surface area contributed by atoms with Gasteiger partial charge >= 0.3 is 0 Å². The number of nitrogens with zero attached hydrogens (tertiary/aromatic N) is 3. The smallest absolute Gasteiger partial charge is 0.289 e. The van der Waals surface area contributed by atoms with Crippen molar-refractivity contribution in [3.8, 4) is 5.75 Å². The van der Waals surface area contributed by atoms with E-state index < -0.39 is 5.60 Å². The number of rotatable bonds is 6. The molecule has 0 bridgehead atoms. The van der Waals surface area contributed by atoms with Crippen LogP contribution < -0.4 is 4.74 Å². The number of nitrogens with one attached hydrogen (secondary N) is 1. The van der Waals surface area contributed by atoms with Gasteiger partial charge in [0.25, 0.3) is 5.91 Å². The number of benzene rings is 1. The Balaban J connectivity index is 1.55. The summed E-state index contributed by atoms with van der Waals surface area (Å²) in [5.41, 5.74) is 0.379. The van der Waals surface area contributed by atoms with E-state index in [2.05, 4.69) is 14.9 Å². The van der Waals surface area contributed by atoms with Gasteiger partial charge in [-0.05, 0) is 44.0 Å². The molecule has 2 heterocycles. The number of ether oxygens (including phenoxy) is 1. The van der Waals surface area contributed by atoms with Crippen molar-refractivity contribution in [2.45, 2.75) is 31.4 Å². The number of likely N-dealkylation sites (tertiary alicyclic amines) is 1. The van der Waals surface area contributed by atoms with Crippen LogP contribution in [0.5, 0.6) is 5.75 Å². The van der Waals surface area contributed by atoms with Gasteiger partial charge in [0.1, 0.15) is 5.75 Å². The highest BCUT2D eigenvalue weighted by Gasteiger charge is 2.33. The average molecular weight is 372 g/mol. The minimum absolute atomic E-state index is 0.101. The van der Waals surface area contributed by atoms with Gasteiger partial charge in [-0.2, -0.15) is 0 Å². The summed E-state index contributed by atoms with van der Waals surface area (Å²) in [6, 6.07) is 7.97. The Kier molecular flexibility index (Phi) is 6.13. The fraction of sp³-hybridized carbons (Fsp3) is 0.500. The third-order valence-corrected chi connectivity index (χ3v) is 5.08. The number of methoxy groups -OCH3 is 1. The third kappa shape index (κ3) is 5.08. The maximum atomic E-state index is 12.5. The molecule has 1 amide bonds. The van der Waals surface area contributed by atoms with E-state index in [0.29, 0.717) is 38.3 Å². The quantitative estimate of drug-likeness (QED) is 0.809. The van der Waals surface area contributed by atoms with E-state index in [-0.39, 0.29) is 5.91 Å². The molecule has 2 aromatic rings. The van der Waals surface area contributed by atoms with Gasteiger partial charge in [0.15, 0.2) is 5.82 Å². The second-order valence-corrected chi connectivity index (χ2v) is 7.33. The number of carbonyl (C=O) groups is 1. The first-order valence-electron chi connectivity index (χ1n) is 9.32. The van der Waals surface area contributed by atoms with Crippen LogP contribution in [0.25, 0.3) is 0 Å². The molecule has 1 aromatic heterocycles. The molecule has 0 spiro atoms. The summed E-state index contributed by atoms with van der Waals surface area (Å²) in [6.07, 6.45) is 5.25. The lowest BCUT2D eigenvalue weighted by Gasteiger charge is -2.31. The molecule has 27 heavy (non-hydrogen) atoms. The fourth-order valence-electron chi connectivity index (χ4n) is 3.67. The van der Waals surface area contributed by atoms with E-state index >= 15 is 0 Å². The van der Waals surface area contributed by atoms with Crippen LogP contribution in [-0.4, -0.2) is 70.2 Å². The SMILES string of the molecule is COc1ccc(CN(C)C[C@]2(O)CCCN(C(=O)c3ncc[nH]3)CC2)cc1. The highest BCUT2D eigenvalue weighted by Crippen LogP contribution is 2.24. The molecule has 0 radical (unpaired) electrons. The molecular formula is C20H28N4O3. The Bertz CT molecular complexity index is 732. The third-order valence-electron chi connectivity index (χ3n) is 5.08. The maximum Gasteiger partial charge on any atom is 0.289 e. The van der Waals surface area contributed by atoms with E-state index in [9.17, 15) is 9.90 Å². The summed E-state index contributed by atoms with van der Waals surface area (Å²) < 4.78 is 5.19. The van der Waals surface area contributed by atoms with Crippen LogP contribution in [0.4, 0.5) is 0 Å². The lowest BCUT2D eigenvalue weighted by Crippen LogP contribution is -2.42. The van der Waals surface area contributed by atoms with Gasteiger partial charge in [-0.15, -0.1) is 0 Å². The standard InChI is InChI=1S/C20H28N4O3/c1-23(14-16-4-6-17(27-2)7-5-16)15-20(26)8-3-12-24(13-9-20)19(25)18-21-10-11-22-18/h4-7,10-11,26H,3,8-9,12-15H2,1-2H3,(H,21,22)/t20-/m0/s1. The number of hydrogen-bond donors (Lipinski definition) is 2. The maximum absolute atomic E-state index is 12.5. The van der Waals surface area contributed by atoms with Gasteiger partial charge in [0.05, 0.1) is 12.7 Å². The minimum atomic E-state index is -0.792. The number of carbonyl (C=O) groups excluding carboxylic acids is 1. The highest BCUT2D eigenvalue weighted by atomic mass is 16.5. The fourth-order valence-corrected chi connectivity index (χ4v) is 3.67. The molecule has 2 N–H and O–H groups in total. The number of aromatic nitrogens is 2. The van der Waals surface area contributed by atoms with Gasteiger partial charge in [0.2, 0.25) is 0 Å². The molecule has 3 rings (SSSR count). The first-order valence-corrected chi connectivity index (χ1v) is 9.32. The lowest BCUT2D eigenvalue weighted by atomic mass is 9.94. The zero-order valence-corrected chi connectivity index (χ0v) is 16.0. The molecule has 1 saturated heterocycles. The van der Waals surface area contributed by atoms with Crippen LogP contribution in [-0.2, 0) is 6.54 Å². The Labute approximate surface area is 160 Å². The van der Waals surface area contributed by atoms with Crippen LogP contribution in [0.1, 0.15) is 35.4 Å². The van der Waals surface area contributed by atoms with Gasteiger partial charge in [-0.1, -0.05) is 12.1 Å². The minimum Gasteiger partial charge on any atom is -0.497 e. The van der Waals surface area contributed by atoms with E-state index in [0.717, 1.165) is 18.7 Å². The Morgan fingerprint density at radius 3 is 2.78 bits per heavy atom. The number of likely N-dealkylation sites (N-methyl/N-ethyl adjacent to an activating group) is 1. The number of imidazole rings is 1. The van der Waals surface area contributed by atoms with Crippen molar-refractivity contribution in [2.24, 2.45) is 0 Å². The van der Waals surface area contributed by atoms with Gasteiger partial charge < -0.3 is 19.7 Å². The highest BCUT2D eigenvalue weighted by molar-refractivity contribution is 5.90. The molecule has 1 atom stereocenters. The summed E-state index contributed by atoms with van der Waals surface area (Å²) in [4.78, 5) is 23.3. The van der Waals surface area contributed by atoms with Crippen LogP contribution in [0, 0.1) is 0 Å². The Morgan fingerprint density at radius 2 is 2.11 bits per heavy atom. The molecule has 7 nitrogen and oxygen atoms in total. The zero-order valence-electron chi connectivity index (χ0n) is 16.0. The van der Waals surface area contributed by atoms with E-state index in [1.807, 2.05) is 31.3 Å². The number of aromatic amines is 1. The second-order valence-electron chi connectivity index (χ2n) is 7.33. The van der Waals surface area contributed by atoms with Crippen LogP contribution in [0.15, 0.2) is 36.7 Å². The van der Waals surface area contributed by atoms with Gasteiger partial charge in [0, 0.05) is 38.6 Å². The molecule has 7 heteroatoms. The number of hydrogen-bond acceptors (Lipinski definition) is 5. The van der Waals surface area contributed by atoms with Crippen molar-refractivity contribution in [3.63, 3.8) is 0 Å². The van der Waals surface area contributed by atoms with Crippen molar-refractivity contribution < 1.29 is 14.6 Å². The van der Waals surface area contributed by atoms with Crippen LogP contribution >= 0.6 is 0 Å². The number of amides is 1. The normalized spacial score (nSPS) is 20.5. The summed E-state index contributed by atoms with van der Waals surface area (Å²) in [5.74, 6) is 1.10. The number of aliphatic hydroxyl groups is 1. The van der Waals surface area contributed by atoms with E-state index in [4.69, 9.17) is 4.74 Å². The van der Waals surface area contributed by atoms with Gasteiger partial charge in [-0.3, -0.25) is 9.69 Å². The van der Waals surface area contributed by atoms with E-state index in [1.165, 1.54) is 5.56 Å². The summed E-state index contributed by atoms with van der Waals surface area (Å²) in [5, 5.41) is 11.1. The first-order chi connectivity index (χ1) is 13.0. The van der Waals surface area contributed by atoms with Crippen molar-refractivity contribution in [1.29, 1.82) is 0 Å². The van der Waals surface area contributed by atoms with Crippen LogP contribution in [0.3, 0.4) is 0 Å². The largest absolute Gasteiger partial charge is 0.497 e. The average Bonchev–Trinajstić information content (AvgIpc) is 3.12. The van der Waals surface area contributed by atoms with Gasteiger partial charge in [-0.25, -0.2) is 4.98 Å². The summed E-state index contributed by atoms with van der Waals surface area (Å²) in [6.45, 7) is 2.50. The molecule has 0 unspecified atom stereocenters. The summed E-state index contributed by atoms with van der Waals surface area (Å²) >= 11 is 0. The Morgan fingerprint density at radius 1 is 1.33 bits per heavy atom. The number of H-pyrrole nitrogens is 1. The zero-order chi connectivity index (χ0) is 19.3. The predicted octanol–water partition coefficient (Wildman–Crippen LogP) is 1.91. The molecule has 1 aromatic carbocycles. The van der Waals surface area contributed by atoms with Crippen molar-refractivity contribution in [2.75, 3.05) is 33.8 Å². The van der Waals surface area contributed by atoms with Crippen molar-refractivity contribution in [3.05, 3.63) is 48.0 Å². The molecule has 1 aliphatic heterocycles. The second kappa shape index (κ2) is 8.54. The van der Waals surface area contributed by atoms with Crippen molar-refractivity contribution >= 4 is 5.91 Å².